The minimum Gasteiger partial charge on any atom is -0.244 e. The van der Waals surface area contributed by atoms with Crippen LogP contribution in [0.4, 0.5) is 13.2 Å². The molecule has 0 radical (unpaired) electrons. The predicted octanol–water partition coefficient (Wildman–Crippen LogP) is 8.28. The average molecular weight is 387 g/mol. The monoisotopic (exact) mass is 386 g/mol. The number of hydrogen-bond donors (Lipinski definition) is 0. The van der Waals surface area contributed by atoms with Crippen molar-refractivity contribution in [1.82, 2.24) is 0 Å². The molecule has 0 heterocycles. The van der Waals surface area contributed by atoms with E-state index in [-0.39, 0.29) is 0 Å². The molecule has 0 aromatic carbocycles. The summed E-state index contributed by atoms with van der Waals surface area (Å²) in [6.07, 6.45) is 13.0. The zero-order valence-electron chi connectivity index (χ0n) is 17.7. The quantitative estimate of drug-likeness (QED) is 0.431. The molecule has 0 bridgehead atoms. The fraction of sp³-hybridized carbons (Fsp3) is 1.00. The molecule has 27 heavy (non-hydrogen) atoms. The molecule has 0 nitrogen and oxygen atoms in total. The lowest BCUT2D eigenvalue weighted by molar-refractivity contribution is 0.0397. The van der Waals surface area contributed by atoms with Crippen molar-refractivity contribution in [3.05, 3.63) is 0 Å². The van der Waals surface area contributed by atoms with E-state index in [0.29, 0.717) is 56.3 Å². The summed E-state index contributed by atoms with van der Waals surface area (Å²) >= 11 is 0. The van der Waals surface area contributed by atoms with E-state index >= 15 is 4.39 Å². The lowest BCUT2D eigenvalue weighted by Gasteiger charge is -2.38. The highest BCUT2D eigenvalue weighted by Gasteiger charge is 2.39. The van der Waals surface area contributed by atoms with Crippen molar-refractivity contribution in [3.8, 4) is 0 Å². The Morgan fingerprint density at radius 3 is 1.44 bits per heavy atom. The molecule has 3 heteroatoms. The van der Waals surface area contributed by atoms with Crippen molar-refractivity contribution < 1.29 is 13.2 Å². The van der Waals surface area contributed by atoms with E-state index in [0.717, 1.165) is 64.2 Å². The Morgan fingerprint density at radius 1 is 0.630 bits per heavy atom. The van der Waals surface area contributed by atoms with E-state index in [1.54, 1.807) is 6.92 Å². The molecule has 0 aromatic rings. The number of alkyl halides is 3. The molecule has 3 rings (SSSR count). The van der Waals surface area contributed by atoms with Gasteiger partial charge in [0.15, 0.2) is 0 Å². The van der Waals surface area contributed by atoms with Crippen LogP contribution in [-0.2, 0) is 0 Å². The first-order valence-corrected chi connectivity index (χ1v) is 11.7. The van der Waals surface area contributed by atoms with Gasteiger partial charge in [-0.15, -0.1) is 0 Å². The molecule has 3 fully saturated rings. The SMILES string of the molecule is CC1CCC(F)(CCC2CCC(F)(CCC3CCC(C)(F)CC3)CC2)CC1. The van der Waals surface area contributed by atoms with Gasteiger partial charge >= 0.3 is 0 Å². The lowest BCUT2D eigenvalue weighted by Crippen LogP contribution is -2.33. The topological polar surface area (TPSA) is 0 Å². The summed E-state index contributed by atoms with van der Waals surface area (Å²) < 4.78 is 44.1. The number of rotatable bonds is 6. The molecular weight excluding hydrogens is 345 g/mol. The van der Waals surface area contributed by atoms with Gasteiger partial charge in [0.2, 0.25) is 0 Å². The van der Waals surface area contributed by atoms with Crippen molar-refractivity contribution in [1.29, 1.82) is 0 Å². The molecule has 0 amide bonds. The van der Waals surface area contributed by atoms with Crippen LogP contribution in [-0.4, -0.2) is 17.0 Å². The fourth-order valence-corrected chi connectivity index (χ4v) is 5.76. The Morgan fingerprint density at radius 2 is 1.00 bits per heavy atom. The molecule has 3 aliphatic carbocycles. The van der Waals surface area contributed by atoms with Crippen molar-refractivity contribution in [2.24, 2.45) is 17.8 Å². The normalized spacial score (nSPS) is 46.3. The Kier molecular flexibility index (Phi) is 6.89. The second-order valence-electron chi connectivity index (χ2n) is 10.9. The van der Waals surface area contributed by atoms with Gasteiger partial charge in [-0.05, 0) is 127 Å². The van der Waals surface area contributed by atoms with Gasteiger partial charge in [0.1, 0.15) is 17.0 Å². The van der Waals surface area contributed by atoms with Crippen LogP contribution < -0.4 is 0 Å². The molecule has 0 N–H and O–H groups in total. The molecule has 0 aliphatic heterocycles. The highest BCUT2D eigenvalue weighted by atomic mass is 19.2. The molecule has 0 atom stereocenters. The van der Waals surface area contributed by atoms with Crippen LogP contribution in [0.25, 0.3) is 0 Å². The first kappa shape index (κ1) is 21.5. The summed E-state index contributed by atoms with van der Waals surface area (Å²) in [5.74, 6) is 1.71. The summed E-state index contributed by atoms with van der Waals surface area (Å²) in [6, 6.07) is 0. The number of hydrogen-bond acceptors (Lipinski definition) is 0. The summed E-state index contributed by atoms with van der Waals surface area (Å²) in [7, 11) is 0. The maximum Gasteiger partial charge on any atom is 0.111 e. The Hall–Kier alpha value is -0.210. The maximum absolute atomic E-state index is 15.2. The van der Waals surface area contributed by atoms with E-state index in [4.69, 9.17) is 0 Å². The van der Waals surface area contributed by atoms with Gasteiger partial charge in [0.05, 0.1) is 0 Å². The van der Waals surface area contributed by atoms with Gasteiger partial charge < -0.3 is 0 Å². The van der Waals surface area contributed by atoms with E-state index in [1.165, 1.54) is 0 Å². The minimum atomic E-state index is -1.01. The molecule has 0 aromatic heterocycles. The van der Waals surface area contributed by atoms with E-state index < -0.39 is 17.0 Å². The highest BCUT2D eigenvalue weighted by Crippen LogP contribution is 2.45. The first-order chi connectivity index (χ1) is 12.7. The van der Waals surface area contributed by atoms with Crippen molar-refractivity contribution in [3.63, 3.8) is 0 Å². The van der Waals surface area contributed by atoms with Crippen molar-refractivity contribution in [2.45, 2.75) is 134 Å². The highest BCUT2D eigenvalue weighted by molar-refractivity contribution is 4.90. The Labute approximate surface area is 165 Å². The molecule has 3 aliphatic rings. The van der Waals surface area contributed by atoms with Gasteiger partial charge in [-0.1, -0.05) is 6.92 Å². The van der Waals surface area contributed by atoms with Crippen molar-refractivity contribution in [2.75, 3.05) is 0 Å². The average Bonchev–Trinajstić information content (AvgIpc) is 2.63. The minimum absolute atomic E-state index is 0.513. The second-order valence-corrected chi connectivity index (χ2v) is 10.9. The Balaban J connectivity index is 1.34. The van der Waals surface area contributed by atoms with Crippen molar-refractivity contribution >= 4 is 0 Å². The third-order valence-electron chi connectivity index (χ3n) is 8.32. The Bertz CT molecular complexity index is 446. The van der Waals surface area contributed by atoms with Crippen LogP contribution >= 0.6 is 0 Å². The molecular formula is C24H41F3. The third kappa shape index (κ3) is 6.39. The lowest BCUT2D eigenvalue weighted by atomic mass is 9.71. The smallest absolute Gasteiger partial charge is 0.111 e. The summed E-state index contributed by atoms with van der Waals surface area (Å²) in [6.45, 7) is 3.93. The number of halogens is 3. The third-order valence-corrected chi connectivity index (χ3v) is 8.32. The first-order valence-electron chi connectivity index (χ1n) is 11.7. The standard InChI is InChI=1S/C24H41F3/c1-19-3-13-23(26,14-4-19)15-8-21-9-17-24(27,18-10-21)16-7-20-5-11-22(2,25)12-6-20/h19-21H,3-18H2,1-2H3. The van der Waals surface area contributed by atoms with Crippen LogP contribution in [0.15, 0.2) is 0 Å². The van der Waals surface area contributed by atoms with E-state index in [9.17, 15) is 8.78 Å². The second kappa shape index (κ2) is 8.66. The van der Waals surface area contributed by atoms with Crippen LogP contribution in [0.5, 0.6) is 0 Å². The summed E-state index contributed by atoms with van der Waals surface area (Å²) in [5.41, 5.74) is -2.95. The summed E-state index contributed by atoms with van der Waals surface area (Å²) in [5, 5.41) is 0. The molecule has 0 spiro atoms. The summed E-state index contributed by atoms with van der Waals surface area (Å²) in [4.78, 5) is 0. The fourth-order valence-electron chi connectivity index (χ4n) is 5.76. The maximum atomic E-state index is 15.2. The van der Waals surface area contributed by atoms with E-state index in [2.05, 4.69) is 6.92 Å². The van der Waals surface area contributed by atoms with Crippen LogP contribution in [0.3, 0.4) is 0 Å². The zero-order valence-corrected chi connectivity index (χ0v) is 17.7. The zero-order chi connectivity index (χ0) is 19.5. The van der Waals surface area contributed by atoms with Gasteiger partial charge in [-0.25, -0.2) is 13.2 Å². The van der Waals surface area contributed by atoms with Crippen LogP contribution in [0, 0.1) is 17.8 Å². The molecule has 3 saturated carbocycles. The van der Waals surface area contributed by atoms with Gasteiger partial charge in [-0.3, -0.25) is 0 Å². The largest absolute Gasteiger partial charge is 0.244 e. The molecule has 0 saturated heterocycles. The van der Waals surface area contributed by atoms with Crippen LogP contribution in [0.2, 0.25) is 0 Å². The predicted molar refractivity (Wildman–Crippen MR) is 107 cm³/mol. The molecule has 158 valence electrons. The van der Waals surface area contributed by atoms with Gasteiger partial charge in [0.25, 0.3) is 0 Å². The van der Waals surface area contributed by atoms with E-state index in [1.807, 2.05) is 0 Å². The van der Waals surface area contributed by atoms with Crippen LogP contribution in [0.1, 0.15) is 117 Å². The van der Waals surface area contributed by atoms with Gasteiger partial charge in [0, 0.05) is 0 Å². The molecule has 0 unspecified atom stereocenters. The van der Waals surface area contributed by atoms with Gasteiger partial charge in [-0.2, -0.15) is 0 Å².